The Balaban J connectivity index is 1.05. The number of amides is 2. The van der Waals surface area contributed by atoms with Gasteiger partial charge in [0.1, 0.15) is 13.2 Å². The fourth-order valence-electron chi connectivity index (χ4n) is 5.10. The summed E-state index contributed by atoms with van der Waals surface area (Å²) in [7, 11) is 0. The van der Waals surface area contributed by atoms with Gasteiger partial charge in [-0.3, -0.25) is 9.59 Å². The third-order valence-electron chi connectivity index (χ3n) is 7.01. The number of thiophene rings is 1. The zero-order valence-electron chi connectivity index (χ0n) is 19.4. The molecule has 182 valence electrons. The lowest BCUT2D eigenvalue weighted by Crippen LogP contribution is -2.42. The van der Waals surface area contributed by atoms with E-state index < -0.39 is 0 Å². The maximum atomic E-state index is 13.2. The number of hydrogen-bond acceptors (Lipinski definition) is 7. The largest absolute Gasteiger partial charge is 0.486 e. The van der Waals surface area contributed by atoms with E-state index in [1.165, 1.54) is 0 Å². The summed E-state index contributed by atoms with van der Waals surface area (Å²) in [6.07, 6.45) is 2.13. The number of hydrogen-bond donors (Lipinski definition) is 0. The molecule has 2 saturated heterocycles. The average Bonchev–Trinajstić information content (AvgIpc) is 3.66. The molecule has 3 aliphatic heterocycles. The number of ether oxygens (including phenoxy) is 2. The van der Waals surface area contributed by atoms with Crippen LogP contribution >= 0.6 is 22.7 Å². The lowest BCUT2D eigenvalue weighted by atomic mass is 9.96. The Bertz CT molecular complexity index is 1220. The van der Waals surface area contributed by atoms with Gasteiger partial charge in [-0.05, 0) is 42.5 Å². The molecule has 0 radical (unpaired) electrons. The standard InChI is InChI=1S/C26H27N3O4S2/c30-24-13-19(14-29(24)15-20-2-1-11-34-20)26(31)28-7-5-17(6-8-28)25-27-21(16-35-25)18-3-4-22-23(12-18)33-10-9-32-22/h1-4,11-12,16-17,19H,5-10,13-15H2. The molecule has 9 heteroatoms. The number of fused-ring (bicyclic) bond motifs is 1. The van der Waals surface area contributed by atoms with Gasteiger partial charge in [0.25, 0.3) is 0 Å². The molecule has 1 atom stereocenters. The van der Waals surface area contributed by atoms with Crippen LogP contribution in [0, 0.1) is 5.92 Å². The molecule has 35 heavy (non-hydrogen) atoms. The minimum Gasteiger partial charge on any atom is -0.486 e. The highest BCUT2D eigenvalue weighted by atomic mass is 32.1. The van der Waals surface area contributed by atoms with Gasteiger partial charge < -0.3 is 19.3 Å². The van der Waals surface area contributed by atoms with Crippen LogP contribution < -0.4 is 9.47 Å². The first-order valence-electron chi connectivity index (χ1n) is 12.1. The van der Waals surface area contributed by atoms with Gasteiger partial charge in [0.2, 0.25) is 11.8 Å². The maximum Gasteiger partial charge on any atom is 0.227 e. The van der Waals surface area contributed by atoms with Crippen LogP contribution in [0.5, 0.6) is 11.5 Å². The summed E-state index contributed by atoms with van der Waals surface area (Å²) in [6.45, 7) is 3.73. The highest BCUT2D eigenvalue weighted by Crippen LogP contribution is 2.37. The molecule has 0 aliphatic carbocycles. The van der Waals surface area contributed by atoms with Crippen molar-refractivity contribution in [1.29, 1.82) is 0 Å². The SMILES string of the molecule is O=C1CC(C(=O)N2CCC(c3nc(-c4ccc5c(c4)OCCO5)cs3)CC2)CN1Cc1cccs1. The van der Waals surface area contributed by atoms with Gasteiger partial charge in [-0.15, -0.1) is 22.7 Å². The smallest absolute Gasteiger partial charge is 0.227 e. The van der Waals surface area contributed by atoms with E-state index in [0.717, 1.165) is 58.6 Å². The summed E-state index contributed by atoms with van der Waals surface area (Å²) < 4.78 is 11.3. The summed E-state index contributed by atoms with van der Waals surface area (Å²) >= 11 is 3.34. The predicted octanol–water partition coefficient (Wildman–Crippen LogP) is 4.40. The Kier molecular flexibility index (Phi) is 6.20. The van der Waals surface area contributed by atoms with Gasteiger partial charge in [0, 0.05) is 47.8 Å². The fourth-order valence-corrected chi connectivity index (χ4v) is 6.82. The molecule has 5 heterocycles. The number of aromatic nitrogens is 1. The van der Waals surface area contributed by atoms with Gasteiger partial charge in [-0.1, -0.05) is 6.07 Å². The van der Waals surface area contributed by atoms with Crippen LogP contribution in [0.4, 0.5) is 0 Å². The summed E-state index contributed by atoms with van der Waals surface area (Å²) in [6, 6.07) is 10.0. The van der Waals surface area contributed by atoms with E-state index >= 15 is 0 Å². The average molecular weight is 510 g/mol. The second kappa shape index (κ2) is 9.62. The topological polar surface area (TPSA) is 72.0 Å². The summed E-state index contributed by atoms with van der Waals surface area (Å²) in [4.78, 5) is 35.5. The molecular weight excluding hydrogens is 482 g/mol. The normalized spacial score (nSPS) is 20.5. The van der Waals surface area contributed by atoms with Crippen molar-refractivity contribution in [2.24, 2.45) is 5.92 Å². The van der Waals surface area contributed by atoms with Gasteiger partial charge in [0.15, 0.2) is 11.5 Å². The number of likely N-dealkylation sites (tertiary alicyclic amines) is 2. The van der Waals surface area contributed by atoms with Gasteiger partial charge in [-0.2, -0.15) is 0 Å². The van der Waals surface area contributed by atoms with Crippen LogP contribution in [0.15, 0.2) is 41.1 Å². The molecule has 2 amide bonds. The summed E-state index contributed by atoms with van der Waals surface area (Å²) in [5.74, 6) is 1.90. The molecule has 3 aromatic rings. The van der Waals surface area contributed by atoms with Crippen LogP contribution in [-0.2, 0) is 16.1 Å². The first-order chi connectivity index (χ1) is 17.1. The van der Waals surface area contributed by atoms with Gasteiger partial charge in [0.05, 0.1) is 23.2 Å². The Hall–Kier alpha value is -2.91. The van der Waals surface area contributed by atoms with E-state index in [4.69, 9.17) is 14.5 Å². The van der Waals surface area contributed by atoms with Crippen molar-refractivity contribution < 1.29 is 19.1 Å². The van der Waals surface area contributed by atoms with Gasteiger partial charge in [-0.25, -0.2) is 4.98 Å². The predicted molar refractivity (Wildman–Crippen MR) is 135 cm³/mol. The molecule has 2 aromatic heterocycles. The van der Waals surface area contributed by atoms with Gasteiger partial charge >= 0.3 is 0 Å². The molecule has 0 spiro atoms. The van der Waals surface area contributed by atoms with E-state index in [1.54, 1.807) is 22.7 Å². The molecule has 6 rings (SSSR count). The molecule has 1 unspecified atom stereocenters. The number of carbonyl (C=O) groups excluding carboxylic acids is 2. The molecule has 2 fully saturated rings. The number of nitrogens with zero attached hydrogens (tertiary/aromatic N) is 3. The minimum absolute atomic E-state index is 0.0843. The van der Waals surface area contributed by atoms with Crippen LogP contribution in [0.25, 0.3) is 11.3 Å². The molecule has 0 N–H and O–H groups in total. The summed E-state index contributed by atoms with van der Waals surface area (Å²) in [5.41, 5.74) is 1.98. The Morgan fingerprint density at radius 3 is 2.71 bits per heavy atom. The zero-order chi connectivity index (χ0) is 23.8. The van der Waals surface area contributed by atoms with Crippen molar-refractivity contribution in [3.63, 3.8) is 0 Å². The number of rotatable bonds is 5. The Labute approximate surface area is 212 Å². The van der Waals surface area contributed by atoms with E-state index in [9.17, 15) is 9.59 Å². The second-order valence-corrected chi connectivity index (χ2v) is 11.2. The number of benzene rings is 1. The van der Waals surface area contributed by atoms with Crippen LogP contribution in [0.2, 0.25) is 0 Å². The zero-order valence-corrected chi connectivity index (χ0v) is 21.0. The van der Waals surface area contributed by atoms with E-state index in [2.05, 4.69) is 5.38 Å². The molecular formula is C26H27N3O4S2. The van der Waals surface area contributed by atoms with Crippen molar-refractivity contribution in [1.82, 2.24) is 14.8 Å². The second-order valence-electron chi connectivity index (χ2n) is 9.28. The Morgan fingerprint density at radius 1 is 1.09 bits per heavy atom. The summed E-state index contributed by atoms with van der Waals surface area (Å²) in [5, 5.41) is 5.25. The minimum atomic E-state index is -0.222. The molecule has 0 saturated carbocycles. The first-order valence-corrected chi connectivity index (χ1v) is 13.8. The molecule has 7 nitrogen and oxygen atoms in total. The third-order valence-corrected chi connectivity index (χ3v) is 8.87. The monoisotopic (exact) mass is 509 g/mol. The van der Waals surface area contributed by atoms with Crippen molar-refractivity contribution in [3.05, 3.63) is 51.0 Å². The molecule has 0 bridgehead atoms. The lowest BCUT2D eigenvalue weighted by Gasteiger charge is -2.32. The first kappa shape index (κ1) is 22.5. The highest BCUT2D eigenvalue weighted by Gasteiger charge is 2.37. The van der Waals surface area contributed by atoms with Crippen LogP contribution in [0.3, 0.4) is 0 Å². The van der Waals surface area contributed by atoms with Crippen LogP contribution in [0.1, 0.15) is 35.1 Å². The van der Waals surface area contributed by atoms with Crippen LogP contribution in [-0.4, -0.2) is 59.4 Å². The van der Waals surface area contributed by atoms with Crippen molar-refractivity contribution in [2.75, 3.05) is 32.8 Å². The van der Waals surface area contributed by atoms with Crippen molar-refractivity contribution in [3.8, 4) is 22.8 Å². The number of piperidine rings is 1. The lowest BCUT2D eigenvalue weighted by molar-refractivity contribution is -0.136. The van der Waals surface area contributed by atoms with E-state index in [0.29, 0.717) is 38.6 Å². The quantitative estimate of drug-likeness (QED) is 0.510. The fraction of sp³-hybridized carbons (Fsp3) is 0.423. The third kappa shape index (κ3) is 4.67. The maximum absolute atomic E-state index is 13.2. The van der Waals surface area contributed by atoms with Crippen molar-refractivity contribution >= 4 is 34.5 Å². The van der Waals surface area contributed by atoms with E-state index in [1.807, 2.05) is 45.5 Å². The van der Waals surface area contributed by atoms with E-state index in [-0.39, 0.29) is 17.7 Å². The number of thiazole rings is 1. The number of carbonyl (C=O) groups is 2. The molecule has 3 aliphatic rings. The molecule has 1 aromatic carbocycles. The van der Waals surface area contributed by atoms with Crippen molar-refractivity contribution in [2.45, 2.75) is 31.7 Å². The Morgan fingerprint density at radius 2 is 1.91 bits per heavy atom. The highest BCUT2D eigenvalue weighted by molar-refractivity contribution is 7.10.